The number of aromatic nitrogens is 6. The van der Waals surface area contributed by atoms with E-state index in [4.69, 9.17) is 16.3 Å². The number of halogens is 1. The predicted molar refractivity (Wildman–Crippen MR) is 61.3 cm³/mol. The standard InChI is InChI=1S/C8H9ClN6OS/c1-4-13-14-8(15(4)2)17-7-11-5(9)10-6(12-7)16-3/h1-3H3. The number of ether oxygens (including phenoxy) is 1. The van der Waals surface area contributed by atoms with Crippen LogP contribution in [-0.4, -0.2) is 36.8 Å². The Hall–Kier alpha value is -1.41. The van der Waals surface area contributed by atoms with Crippen LogP contribution in [0.5, 0.6) is 6.01 Å². The van der Waals surface area contributed by atoms with Crippen molar-refractivity contribution in [2.24, 2.45) is 7.05 Å². The largest absolute Gasteiger partial charge is 0.467 e. The Balaban J connectivity index is 2.29. The topological polar surface area (TPSA) is 78.6 Å². The lowest BCUT2D eigenvalue weighted by atomic mass is 10.7. The molecule has 2 heterocycles. The normalized spacial score (nSPS) is 10.6. The van der Waals surface area contributed by atoms with E-state index in [0.29, 0.717) is 10.3 Å². The Morgan fingerprint density at radius 1 is 1.24 bits per heavy atom. The lowest BCUT2D eigenvalue weighted by molar-refractivity contribution is 0.373. The van der Waals surface area contributed by atoms with E-state index in [-0.39, 0.29) is 11.3 Å². The molecule has 17 heavy (non-hydrogen) atoms. The molecule has 0 saturated heterocycles. The summed E-state index contributed by atoms with van der Waals surface area (Å²) in [6, 6.07) is 0.173. The van der Waals surface area contributed by atoms with Crippen LogP contribution in [0.2, 0.25) is 5.28 Å². The third-order valence-electron chi connectivity index (χ3n) is 1.98. The van der Waals surface area contributed by atoms with E-state index in [0.717, 1.165) is 5.82 Å². The zero-order valence-corrected chi connectivity index (χ0v) is 11.0. The van der Waals surface area contributed by atoms with Gasteiger partial charge in [-0.2, -0.15) is 15.0 Å². The van der Waals surface area contributed by atoms with Gasteiger partial charge in [-0.1, -0.05) is 0 Å². The molecule has 0 atom stereocenters. The summed E-state index contributed by atoms with van der Waals surface area (Å²) in [5, 5.41) is 9.09. The van der Waals surface area contributed by atoms with E-state index in [2.05, 4.69) is 25.1 Å². The molecule has 0 bridgehead atoms. The van der Waals surface area contributed by atoms with E-state index in [1.165, 1.54) is 18.9 Å². The van der Waals surface area contributed by atoms with Gasteiger partial charge in [0.25, 0.3) is 0 Å². The first-order chi connectivity index (χ1) is 8.10. The molecule has 0 fully saturated rings. The minimum Gasteiger partial charge on any atom is -0.467 e. The summed E-state index contributed by atoms with van der Waals surface area (Å²) in [4.78, 5) is 11.8. The maximum Gasteiger partial charge on any atom is 0.321 e. The fourth-order valence-electron chi connectivity index (χ4n) is 1.01. The van der Waals surface area contributed by atoms with Gasteiger partial charge in [0.2, 0.25) is 10.4 Å². The summed E-state index contributed by atoms with van der Waals surface area (Å²) in [5.41, 5.74) is 0. The Bertz CT molecular complexity index is 545. The van der Waals surface area contributed by atoms with Crippen LogP contribution in [-0.2, 0) is 7.05 Å². The lowest BCUT2D eigenvalue weighted by Gasteiger charge is -2.02. The van der Waals surface area contributed by atoms with Gasteiger partial charge in [-0.3, -0.25) is 0 Å². The fraction of sp³-hybridized carbons (Fsp3) is 0.375. The highest BCUT2D eigenvalue weighted by atomic mass is 35.5. The highest BCUT2D eigenvalue weighted by Crippen LogP contribution is 2.24. The molecule has 0 aliphatic rings. The molecule has 0 spiro atoms. The van der Waals surface area contributed by atoms with Gasteiger partial charge < -0.3 is 9.30 Å². The van der Waals surface area contributed by atoms with E-state index < -0.39 is 0 Å². The maximum atomic E-state index is 5.74. The first kappa shape index (κ1) is 12.1. The molecule has 0 aliphatic carbocycles. The average molecular weight is 273 g/mol. The van der Waals surface area contributed by atoms with Gasteiger partial charge in [0.15, 0.2) is 5.16 Å². The van der Waals surface area contributed by atoms with Crippen LogP contribution in [0.1, 0.15) is 5.82 Å². The monoisotopic (exact) mass is 272 g/mol. The zero-order valence-electron chi connectivity index (χ0n) is 9.38. The summed E-state index contributed by atoms with van der Waals surface area (Å²) >= 11 is 6.98. The third-order valence-corrected chi connectivity index (χ3v) is 3.06. The van der Waals surface area contributed by atoms with Crippen molar-refractivity contribution in [3.63, 3.8) is 0 Å². The Labute approximate surface area is 107 Å². The summed E-state index contributed by atoms with van der Waals surface area (Å²) < 4.78 is 6.73. The van der Waals surface area contributed by atoms with Crippen molar-refractivity contribution in [1.29, 1.82) is 0 Å². The number of methoxy groups -OCH3 is 1. The van der Waals surface area contributed by atoms with Gasteiger partial charge in [0.1, 0.15) is 5.82 Å². The Morgan fingerprint density at radius 3 is 2.59 bits per heavy atom. The third kappa shape index (κ3) is 2.64. The molecule has 0 aromatic carbocycles. The molecule has 0 amide bonds. The van der Waals surface area contributed by atoms with Gasteiger partial charge >= 0.3 is 6.01 Å². The molecular formula is C8H9ClN6OS. The van der Waals surface area contributed by atoms with Crippen molar-refractivity contribution < 1.29 is 4.74 Å². The quantitative estimate of drug-likeness (QED) is 0.828. The van der Waals surface area contributed by atoms with Crippen molar-refractivity contribution in [2.45, 2.75) is 17.2 Å². The molecule has 2 aromatic rings. The highest BCUT2D eigenvalue weighted by Gasteiger charge is 2.11. The van der Waals surface area contributed by atoms with E-state index in [9.17, 15) is 0 Å². The molecule has 7 nitrogen and oxygen atoms in total. The van der Waals surface area contributed by atoms with Gasteiger partial charge in [0, 0.05) is 7.05 Å². The summed E-state index contributed by atoms with van der Waals surface area (Å²) in [7, 11) is 3.32. The van der Waals surface area contributed by atoms with Crippen molar-refractivity contribution in [3.8, 4) is 6.01 Å². The number of aryl methyl sites for hydroxylation is 1. The smallest absolute Gasteiger partial charge is 0.321 e. The second-order valence-electron chi connectivity index (χ2n) is 3.06. The number of hydrogen-bond acceptors (Lipinski definition) is 7. The SMILES string of the molecule is COc1nc(Cl)nc(Sc2nnc(C)n2C)n1. The van der Waals surface area contributed by atoms with Gasteiger partial charge in [-0.15, -0.1) is 10.2 Å². The van der Waals surface area contributed by atoms with Crippen LogP contribution in [0.15, 0.2) is 10.3 Å². The average Bonchev–Trinajstić information content (AvgIpc) is 2.60. The van der Waals surface area contributed by atoms with Crippen LogP contribution in [0.4, 0.5) is 0 Å². The molecule has 0 N–H and O–H groups in total. The van der Waals surface area contributed by atoms with Crippen LogP contribution in [0, 0.1) is 6.92 Å². The van der Waals surface area contributed by atoms with Gasteiger partial charge in [-0.05, 0) is 30.3 Å². The predicted octanol–water partition coefficient (Wildman–Crippen LogP) is 1.12. The number of nitrogens with zero attached hydrogens (tertiary/aromatic N) is 6. The molecular weight excluding hydrogens is 264 g/mol. The number of hydrogen-bond donors (Lipinski definition) is 0. The second kappa shape index (κ2) is 4.84. The minimum absolute atomic E-state index is 0.0817. The van der Waals surface area contributed by atoms with Crippen LogP contribution >= 0.6 is 23.4 Å². The van der Waals surface area contributed by atoms with E-state index in [1.807, 2.05) is 18.5 Å². The molecule has 9 heteroatoms. The minimum atomic E-state index is 0.0817. The van der Waals surface area contributed by atoms with Crippen LogP contribution < -0.4 is 4.74 Å². The molecule has 90 valence electrons. The maximum absolute atomic E-state index is 5.74. The molecule has 2 aromatic heterocycles. The zero-order chi connectivity index (χ0) is 12.4. The van der Waals surface area contributed by atoms with Gasteiger partial charge in [0.05, 0.1) is 7.11 Å². The van der Waals surface area contributed by atoms with Crippen molar-refractivity contribution in [2.75, 3.05) is 7.11 Å². The van der Waals surface area contributed by atoms with Crippen molar-refractivity contribution >= 4 is 23.4 Å². The molecule has 0 unspecified atom stereocenters. The summed E-state index contributed by atoms with van der Waals surface area (Å²) in [6.45, 7) is 1.86. The first-order valence-electron chi connectivity index (χ1n) is 4.59. The highest BCUT2D eigenvalue weighted by molar-refractivity contribution is 7.99. The second-order valence-corrected chi connectivity index (χ2v) is 4.34. The van der Waals surface area contributed by atoms with Crippen molar-refractivity contribution in [3.05, 3.63) is 11.1 Å². The number of rotatable bonds is 3. The van der Waals surface area contributed by atoms with E-state index >= 15 is 0 Å². The summed E-state index contributed by atoms with van der Waals surface area (Å²) in [6.07, 6.45) is 0. The van der Waals surface area contributed by atoms with Crippen LogP contribution in [0.25, 0.3) is 0 Å². The molecule has 2 rings (SSSR count). The van der Waals surface area contributed by atoms with E-state index in [1.54, 1.807) is 0 Å². The van der Waals surface area contributed by atoms with Crippen LogP contribution in [0.3, 0.4) is 0 Å². The molecule has 0 radical (unpaired) electrons. The Kier molecular flexibility index (Phi) is 3.43. The van der Waals surface area contributed by atoms with Gasteiger partial charge in [-0.25, -0.2) is 0 Å². The molecule has 0 aliphatic heterocycles. The Morgan fingerprint density at radius 2 is 2.00 bits per heavy atom. The fourth-order valence-corrected chi connectivity index (χ4v) is 1.98. The molecule has 0 saturated carbocycles. The first-order valence-corrected chi connectivity index (χ1v) is 5.79. The van der Waals surface area contributed by atoms with Crippen molar-refractivity contribution in [1.82, 2.24) is 29.7 Å². The lowest BCUT2D eigenvalue weighted by Crippen LogP contribution is -1.99. The summed E-state index contributed by atoms with van der Waals surface area (Å²) in [5.74, 6) is 0.805.